The third-order valence-electron chi connectivity index (χ3n) is 4.26. The molecule has 0 unspecified atom stereocenters. The molecular formula is C14H21F3N2O2S. The molecule has 2 rings (SSSR count). The number of carbonyl (C=O) groups excluding carboxylic acids is 2. The van der Waals surface area contributed by atoms with E-state index < -0.39 is 24.5 Å². The fourth-order valence-corrected chi connectivity index (χ4v) is 3.95. The van der Waals surface area contributed by atoms with E-state index in [9.17, 15) is 22.8 Å². The summed E-state index contributed by atoms with van der Waals surface area (Å²) in [7, 11) is 0. The quantitative estimate of drug-likeness (QED) is 0.855. The van der Waals surface area contributed by atoms with Crippen molar-refractivity contribution in [3.05, 3.63) is 0 Å². The molecule has 1 N–H and O–H groups in total. The summed E-state index contributed by atoms with van der Waals surface area (Å²) >= 11 is 1.78. The van der Waals surface area contributed by atoms with Gasteiger partial charge >= 0.3 is 6.18 Å². The summed E-state index contributed by atoms with van der Waals surface area (Å²) in [6.07, 6.45) is 1.46. The van der Waals surface area contributed by atoms with E-state index in [-0.39, 0.29) is 24.9 Å². The summed E-state index contributed by atoms with van der Waals surface area (Å²) in [4.78, 5) is 24.5. The van der Waals surface area contributed by atoms with Gasteiger partial charge in [-0.25, -0.2) is 0 Å². The highest BCUT2D eigenvalue weighted by atomic mass is 32.2. The molecule has 2 fully saturated rings. The first-order chi connectivity index (χ1) is 10.3. The number of thioether (sulfide) groups is 1. The Hall–Kier alpha value is -0.920. The number of hydrogen-bond donors (Lipinski definition) is 1. The van der Waals surface area contributed by atoms with Crippen molar-refractivity contribution in [3.8, 4) is 0 Å². The Morgan fingerprint density at radius 1 is 1.41 bits per heavy atom. The molecule has 0 aromatic carbocycles. The Kier molecular flexibility index (Phi) is 5.63. The molecule has 0 aromatic heterocycles. The number of nitrogens with zero attached hydrogens (tertiary/aromatic N) is 1. The number of nitrogens with one attached hydrogen (secondary N) is 1. The Balaban J connectivity index is 1.84. The van der Waals surface area contributed by atoms with Gasteiger partial charge in [-0.05, 0) is 25.5 Å². The van der Waals surface area contributed by atoms with Crippen molar-refractivity contribution in [1.29, 1.82) is 0 Å². The molecule has 8 heteroatoms. The molecule has 22 heavy (non-hydrogen) atoms. The lowest BCUT2D eigenvalue weighted by Crippen LogP contribution is -2.43. The number of likely N-dealkylation sites (tertiary alicyclic amines) is 1. The van der Waals surface area contributed by atoms with Crippen LogP contribution in [0.3, 0.4) is 0 Å². The second-order valence-corrected chi connectivity index (χ2v) is 7.16. The Bertz CT molecular complexity index is 431. The maximum Gasteiger partial charge on any atom is 0.406 e. The molecule has 1 aliphatic carbocycles. The average molecular weight is 338 g/mol. The molecule has 0 bridgehead atoms. The molecule has 1 heterocycles. The van der Waals surface area contributed by atoms with E-state index in [4.69, 9.17) is 0 Å². The van der Waals surface area contributed by atoms with Crippen molar-refractivity contribution in [1.82, 2.24) is 10.2 Å². The average Bonchev–Trinajstić information content (AvgIpc) is 2.78. The minimum Gasteiger partial charge on any atom is -0.353 e. The van der Waals surface area contributed by atoms with Crippen molar-refractivity contribution in [2.45, 2.75) is 49.6 Å². The first-order valence-corrected chi connectivity index (χ1v) is 8.75. The normalized spacial score (nSPS) is 29.7. The van der Waals surface area contributed by atoms with Crippen molar-refractivity contribution < 1.29 is 22.8 Å². The van der Waals surface area contributed by atoms with Crippen molar-refractivity contribution in [3.63, 3.8) is 0 Å². The highest BCUT2D eigenvalue weighted by Gasteiger charge is 2.41. The monoisotopic (exact) mass is 338 g/mol. The predicted molar refractivity (Wildman–Crippen MR) is 78.4 cm³/mol. The van der Waals surface area contributed by atoms with Crippen LogP contribution in [0.15, 0.2) is 0 Å². The van der Waals surface area contributed by atoms with Crippen molar-refractivity contribution in [2.24, 2.45) is 5.92 Å². The number of amides is 2. The predicted octanol–water partition coefficient (Wildman–Crippen LogP) is 2.19. The first-order valence-electron chi connectivity index (χ1n) is 7.46. The Labute approximate surface area is 132 Å². The summed E-state index contributed by atoms with van der Waals surface area (Å²) in [6.45, 7) is -1.41. The van der Waals surface area contributed by atoms with E-state index in [0.717, 1.165) is 30.6 Å². The molecule has 1 saturated carbocycles. The van der Waals surface area contributed by atoms with E-state index in [1.807, 2.05) is 6.26 Å². The van der Waals surface area contributed by atoms with Crippen LogP contribution in [0, 0.1) is 5.92 Å². The highest BCUT2D eigenvalue weighted by molar-refractivity contribution is 7.99. The summed E-state index contributed by atoms with van der Waals surface area (Å²) in [5, 5.41) is 3.44. The Morgan fingerprint density at radius 2 is 2.14 bits per heavy atom. The van der Waals surface area contributed by atoms with Crippen LogP contribution in [0.4, 0.5) is 13.2 Å². The standard InChI is InChI=1S/C14H21F3N2O2S/c1-22-11-4-2-3-10(6-11)18-13(21)9-5-12(20)19(7-9)8-14(15,16)17/h9-11H,2-8H2,1H3,(H,18,21)/t9-,10+,11-/m1/s1. The topological polar surface area (TPSA) is 49.4 Å². The van der Waals surface area contributed by atoms with Gasteiger partial charge in [0.25, 0.3) is 0 Å². The van der Waals surface area contributed by atoms with Crippen LogP contribution in [0.2, 0.25) is 0 Å². The number of hydrogen-bond acceptors (Lipinski definition) is 3. The lowest BCUT2D eigenvalue weighted by atomic mass is 9.94. The summed E-state index contributed by atoms with van der Waals surface area (Å²) in [5.41, 5.74) is 0. The van der Waals surface area contributed by atoms with Crippen LogP contribution < -0.4 is 5.32 Å². The van der Waals surface area contributed by atoms with Crippen molar-refractivity contribution >= 4 is 23.6 Å². The van der Waals surface area contributed by atoms with E-state index in [1.165, 1.54) is 0 Å². The van der Waals surface area contributed by atoms with Crippen LogP contribution in [0.5, 0.6) is 0 Å². The van der Waals surface area contributed by atoms with Gasteiger partial charge in [0.1, 0.15) is 6.54 Å². The zero-order valence-corrected chi connectivity index (χ0v) is 13.3. The largest absolute Gasteiger partial charge is 0.406 e. The van der Waals surface area contributed by atoms with Crippen LogP contribution >= 0.6 is 11.8 Å². The molecule has 4 nitrogen and oxygen atoms in total. The third kappa shape index (κ3) is 4.79. The maximum atomic E-state index is 12.4. The number of rotatable bonds is 4. The molecule has 1 saturated heterocycles. The van der Waals surface area contributed by atoms with Gasteiger partial charge in [0, 0.05) is 24.3 Å². The first kappa shape index (κ1) is 17.4. The SMILES string of the molecule is CS[C@@H]1CCC[C@H](NC(=O)[C@@H]2CC(=O)N(CC(F)(F)F)C2)C1. The summed E-state index contributed by atoms with van der Waals surface area (Å²) in [5.74, 6) is -1.54. The molecule has 3 atom stereocenters. The molecular weight excluding hydrogens is 317 g/mol. The lowest BCUT2D eigenvalue weighted by Gasteiger charge is -2.29. The van der Waals surface area contributed by atoms with E-state index in [1.54, 1.807) is 11.8 Å². The minimum atomic E-state index is -4.42. The molecule has 1 aliphatic heterocycles. The fourth-order valence-electron chi connectivity index (χ4n) is 3.13. The molecule has 2 aliphatic rings. The van der Waals surface area contributed by atoms with Gasteiger partial charge < -0.3 is 10.2 Å². The number of alkyl halides is 3. The third-order valence-corrected chi connectivity index (χ3v) is 5.36. The Morgan fingerprint density at radius 3 is 2.77 bits per heavy atom. The van der Waals surface area contributed by atoms with Gasteiger partial charge in [0.05, 0.1) is 5.92 Å². The fraction of sp³-hybridized carbons (Fsp3) is 0.857. The number of halogens is 3. The number of carbonyl (C=O) groups is 2. The van der Waals surface area contributed by atoms with Crippen LogP contribution in [-0.2, 0) is 9.59 Å². The van der Waals surface area contributed by atoms with Gasteiger partial charge in [-0.15, -0.1) is 0 Å². The molecule has 0 spiro atoms. The zero-order valence-electron chi connectivity index (χ0n) is 12.5. The summed E-state index contributed by atoms with van der Waals surface area (Å²) < 4.78 is 37.1. The molecule has 126 valence electrons. The van der Waals surface area contributed by atoms with Gasteiger partial charge in [0.2, 0.25) is 11.8 Å². The second kappa shape index (κ2) is 7.10. The molecule has 0 radical (unpaired) electrons. The maximum absolute atomic E-state index is 12.4. The van der Waals surface area contributed by atoms with Crippen LogP contribution in [0.1, 0.15) is 32.1 Å². The van der Waals surface area contributed by atoms with Gasteiger partial charge in [-0.1, -0.05) is 6.42 Å². The van der Waals surface area contributed by atoms with Crippen molar-refractivity contribution in [2.75, 3.05) is 19.3 Å². The van der Waals surface area contributed by atoms with E-state index in [0.29, 0.717) is 5.25 Å². The molecule has 2 amide bonds. The highest BCUT2D eigenvalue weighted by Crippen LogP contribution is 2.28. The van der Waals surface area contributed by atoms with Gasteiger partial charge in [-0.2, -0.15) is 24.9 Å². The van der Waals surface area contributed by atoms with Gasteiger partial charge in [0.15, 0.2) is 0 Å². The molecule has 0 aromatic rings. The smallest absolute Gasteiger partial charge is 0.353 e. The van der Waals surface area contributed by atoms with E-state index >= 15 is 0 Å². The zero-order chi connectivity index (χ0) is 16.3. The van der Waals surface area contributed by atoms with E-state index in [2.05, 4.69) is 5.32 Å². The van der Waals surface area contributed by atoms with Crippen LogP contribution in [-0.4, -0.2) is 53.5 Å². The summed E-state index contributed by atoms with van der Waals surface area (Å²) in [6, 6.07) is 0.0745. The lowest BCUT2D eigenvalue weighted by molar-refractivity contribution is -0.157. The van der Waals surface area contributed by atoms with Crippen LogP contribution in [0.25, 0.3) is 0 Å². The second-order valence-electron chi connectivity index (χ2n) is 6.02. The van der Waals surface area contributed by atoms with Gasteiger partial charge in [-0.3, -0.25) is 9.59 Å². The minimum absolute atomic E-state index is 0.0745.